The van der Waals surface area contributed by atoms with Gasteiger partial charge in [-0.25, -0.2) is 13.8 Å². The van der Waals surface area contributed by atoms with Crippen LogP contribution >= 0.6 is 15.9 Å². The number of rotatable bonds is 10. The first-order valence-electron chi connectivity index (χ1n) is 12.3. The topological polar surface area (TPSA) is 93.0 Å². The van der Waals surface area contributed by atoms with Crippen LogP contribution in [-0.4, -0.2) is 38.3 Å². The summed E-state index contributed by atoms with van der Waals surface area (Å²) in [5, 5.41) is 4.12. The second-order valence-corrected chi connectivity index (χ2v) is 11.5. The molecule has 0 saturated carbocycles. The van der Waals surface area contributed by atoms with Crippen molar-refractivity contribution in [3.63, 3.8) is 0 Å². The van der Waals surface area contributed by atoms with Crippen molar-refractivity contribution in [3.8, 4) is 11.4 Å². The van der Waals surface area contributed by atoms with Gasteiger partial charge < -0.3 is 9.30 Å². The summed E-state index contributed by atoms with van der Waals surface area (Å²) in [5.41, 5.74) is 6.59. The van der Waals surface area contributed by atoms with Crippen molar-refractivity contribution >= 4 is 43.8 Å². The lowest BCUT2D eigenvalue weighted by Gasteiger charge is -2.24. The molecule has 202 valence electrons. The molecule has 0 spiro atoms. The van der Waals surface area contributed by atoms with Gasteiger partial charge in [0.25, 0.3) is 15.9 Å². The summed E-state index contributed by atoms with van der Waals surface area (Å²) in [6.07, 6.45) is 1.56. The van der Waals surface area contributed by atoms with Crippen LogP contribution in [0.15, 0.2) is 99.4 Å². The molecule has 0 atom stereocenters. The molecule has 4 aromatic rings. The fourth-order valence-electron chi connectivity index (χ4n) is 4.18. The zero-order valence-corrected chi connectivity index (χ0v) is 24.2. The fourth-order valence-corrected chi connectivity index (χ4v) is 6.01. The number of nitrogens with one attached hydrogen (secondary N) is 1. The van der Waals surface area contributed by atoms with E-state index < -0.39 is 22.5 Å². The molecule has 3 aromatic carbocycles. The van der Waals surface area contributed by atoms with Crippen LogP contribution in [0.3, 0.4) is 0 Å². The number of carbonyl (C=O) groups is 1. The standard InChI is InChI=1S/C29H29BrN4O4S/c1-4-38-27-15-13-25(14-16-27)33(39(36,37)28-11-6-5-7-12-28)20-29(35)32-31-19-23-17-21(2)34(22(23)3)26-10-8-9-24(30)18-26/h5-19H,4,20H2,1-3H3,(H,32,35)/b31-19+. The van der Waals surface area contributed by atoms with Crippen molar-refractivity contribution in [1.82, 2.24) is 9.99 Å². The van der Waals surface area contributed by atoms with E-state index in [1.807, 2.05) is 51.1 Å². The number of nitrogens with zero attached hydrogens (tertiary/aromatic N) is 3. The number of ether oxygens (including phenoxy) is 1. The number of aryl methyl sites for hydroxylation is 1. The van der Waals surface area contributed by atoms with Gasteiger partial charge in [0, 0.05) is 27.1 Å². The van der Waals surface area contributed by atoms with Gasteiger partial charge >= 0.3 is 0 Å². The first kappa shape index (κ1) is 28.1. The molecule has 39 heavy (non-hydrogen) atoms. The first-order chi connectivity index (χ1) is 18.7. The second kappa shape index (κ2) is 12.3. The minimum atomic E-state index is -4.02. The number of carbonyl (C=O) groups excluding carboxylic acids is 1. The Bertz CT molecular complexity index is 1580. The van der Waals surface area contributed by atoms with Gasteiger partial charge in [-0.15, -0.1) is 0 Å². The minimum absolute atomic E-state index is 0.0789. The number of aromatic nitrogens is 1. The Kier molecular flexibility index (Phi) is 8.88. The summed E-state index contributed by atoms with van der Waals surface area (Å²) in [4.78, 5) is 13.0. The Balaban J connectivity index is 1.54. The second-order valence-electron chi connectivity index (χ2n) is 8.69. The molecule has 0 aliphatic carbocycles. The Morgan fingerprint density at radius 3 is 2.41 bits per heavy atom. The summed E-state index contributed by atoms with van der Waals surface area (Å²) in [7, 11) is -4.02. The van der Waals surface area contributed by atoms with Gasteiger partial charge in [0.15, 0.2) is 0 Å². The number of halogens is 1. The maximum Gasteiger partial charge on any atom is 0.264 e. The van der Waals surface area contributed by atoms with E-state index in [0.29, 0.717) is 18.0 Å². The third-order valence-corrected chi connectivity index (χ3v) is 8.27. The molecule has 1 aromatic heterocycles. The molecule has 0 saturated heterocycles. The quantitative estimate of drug-likeness (QED) is 0.187. The summed E-state index contributed by atoms with van der Waals surface area (Å²) < 4.78 is 36.6. The third-order valence-electron chi connectivity index (χ3n) is 5.98. The van der Waals surface area contributed by atoms with E-state index in [4.69, 9.17) is 4.74 Å². The first-order valence-corrected chi connectivity index (χ1v) is 14.5. The minimum Gasteiger partial charge on any atom is -0.494 e. The summed E-state index contributed by atoms with van der Waals surface area (Å²) in [6, 6.07) is 24.5. The van der Waals surface area contributed by atoms with Gasteiger partial charge in [-0.3, -0.25) is 9.10 Å². The molecule has 0 aliphatic rings. The number of benzene rings is 3. The molecule has 1 N–H and O–H groups in total. The molecular formula is C29H29BrN4O4S. The highest BCUT2D eigenvalue weighted by Crippen LogP contribution is 2.26. The molecular weight excluding hydrogens is 580 g/mol. The molecule has 0 fully saturated rings. The predicted molar refractivity (Wildman–Crippen MR) is 157 cm³/mol. The van der Waals surface area contributed by atoms with Crippen molar-refractivity contribution in [2.24, 2.45) is 5.10 Å². The van der Waals surface area contributed by atoms with E-state index in [9.17, 15) is 13.2 Å². The van der Waals surface area contributed by atoms with Gasteiger partial charge in [0.05, 0.1) is 23.4 Å². The molecule has 0 aliphatic heterocycles. The molecule has 1 amide bonds. The lowest BCUT2D eigenvalue weighted by Crippen LogP contribution is -2.39. The predicted octanol–water partition coefficient (Wildman–Crippen LogP) is 5.60. The zero-order chi connectivity index (χ0) is 28.0. The number of amides is 1. The fraction of sp³-hybridized carbons (Fsp3) is 0.172. The van der Waals surface area contributed by atoms with Crippen LogP contribution in [0, 0.1) is 13.8 Å². The van der Waals surface area contributed by atoms with Crippen molar-refractivity contribution in [2.75, 3.05) is 17.5 Å². The highest BCUT2D eigenvalue weighted by molar-refractivity contribution is 9.10. The van der Waals surface area contributed by atoms with E-state index in [-0.39, 0.29) is 4.90 Å². The van der Waals surface area contributed by atoms with Crippen molar-refractivity contribution in [1.29, 1.82) is 0 Å². The van der Waals surface area contributed by atoms with Crippen LogP contribution in [0.4, 0.5) is 5.69 Å². The maximum absolute atomic E-state index is 13.5. The Hall–Kier alpha value is -3.89. The molecule has 8 nitrogen and oxygen atoms in total. The number of hydrazone groups is 1. The van der Waals surface area contributed by atoms with E-state index in [1.165, 1.54) is 12.1 Å². The average Bonchev–Trinajstić information content (AvgIpc) is 3.21. The van der Waals surface area contributed by atoms with E-state index in [2.05, 4.69) is 31.0 Å². The highest BCUT2D eigenvalue weighted by Gasteiger charge is 2.27. The number of anilines is 1. The molecule has 1 heterocycles. The monoisotopic (exact) mass is 608 g/mol. The molecule has 0 unspecified atom stereocenters. The van der Waals surface area contributed by atoms with Crippen molar-refractivity contribution < 1.29 is 17.9 Å². The molecule has 0 radical (unpaired) electrons. The lowest BCUT2D eigenvalue weighted by molar-refractivity contribution is -0.119. The van der Waals surface area contributed by atoms with E-state index in [1.54, 1.807) is 48.7 Å². The van der Waals surface area contributed by atoms with Crippen LogP contribution in [0.2, 0.25) is 0 Å². The summed E-state index contributed by atoms with van der Waals surface area (Å²) >= 11 is 3.51. The van der Waals surface area contributed by atoms with Gasteiger partial charge in [0.2, 0.25) is 0 Å². The molecule has 10 heteroatoms. The third kappa shape index (κ3) is 6.58. The summed E-state index contributed by atoms with van der Waals surface area (Å²) in [6.45, 7) is 5.85. The van der Waals surface area contributed by atoms with Crippen LogP contribution in [0.25, 0.3) is 5.69 Å². The van der Waals surface area contributed by atoms with Gasteiger partial charge in [-0.05, 0) is 81.4 Å². The average molecular weight is 610 g/mol. The van der Waals surface area contributed by atoms with Crippen LogP contribution in [-0.2, 0) is 14.8 Å². The SMILES string of the molecule is CCOc1ccc(N(CC(=O)N/N=C/c2cc(C)n(-c3cccc(Br)c3)c2C)S(=O)(=O)c2ccccc2)cc1. The molecule has 4 rings (SSSR count). The van der Waals surface area contributed by atoms with Gasteiger partial charge in [-0.2, -0.15) is 5.10 Å². The normalized spacial score (nSPS) is 11.5. The Labute approximate surface area is 237 Å². The van der Waals surface area contributed by atoms with Crippen LogP contribution < -0.4 is 14.5 Å². The van der Waals surface area contributed by atoms with Gasteiger partial charge in [-0.1, -0.05) is 40.2 Å². The summed E-state index contributed by atoms with van der Waals surface area (Å²) in [5.74, 6) is 0.0215. The molecule has 0 bridgehead atoms. The smallest absolute Gasteiger partial charge is 0.264 e. The maximum atomic E-state index is 13.5. The van der Waals surface area contributed by atoms with Gasteiger partial charge in [0.1, 0.15) is 12.3 Å². The zero-order valence-electron chi connectivity index (χ0n) is 21.8. The number of sulfonamides is 1. The highest BCUT2D eigenvalue weighted by atomic mass is 79.9. The van der Waals surface area contributed by atoms with Crippen LogP contribution in [0.5, 0.6) is 5.75 Å². The number of hydrogen-bond donors (Lipinski definition) is 1. The van der Waals surface area contributed by atoms with E-state index in [0.717, 1.165) is 31.4 Å². The Morgan fingerprint density at radius 2 is 1.74 bits per heavy atom. The van der Waals surface area contributed by atoms with Crippen molar-refractivity contribution in [3.05, 3.63) is 106 Å². The van der Waals surface area contributed by atoms with Crippen molar-refractivity contribution in [2.45, 2.75) is 25.7 Å². The van der Waals surface area contributed by atoms with Crippen LogP contribution in [0.1, 0.15) is 23.9 Å². The Morgan fingerprint density at radius 1 is 1.03 bits per heavy atom. The van der Waals surface area contributed by atoms with E-state index >= 15 is 0 Å². The number of hydrogen-bond acceptors (Lipinski definition) is 5. The lowest BCUT2D eigenvalue weighted by atomic mass is 10.2. The largest absolute Gasteiger partial charge is 0.494 e.